The van der Waals surface area contributed by atoms with Crippen molar-refractivity contribution in [3.8, 4) is 11.1 Å². The van der Waals surface area contributed by atoms with Crippen LogP contribution in [0.4, 0.5) is 4.39 Å². The molecule has 0 radical (unpaired) electrons. The van der Waals surface area contributed by atoms with E-state index in [1.54, 1.807) is 6.07 Å². The van der Waals surface area contributed by atoms with Crippen LogP contribution in [0.1, 0.15) is 5.56 Å². The smallest absolute Gasteiger partial charge is 0.256 e. The average Bonchev–Trinajstić information content (AvgIpc) is 2.30. The molecule has 0 saturated heterocycles. The molecular formula is C12H10FNO2. The Labute approximate surface area is 91.2 Å². The third-order valence-corrected chi connectivity index (χ3v) is 2.35. The maximum atomic E-state index is 12.8. The lowest BCUT2D eigenvalue weighted by molar-refractivity contribution is 0.282. The third kappa shape index (κ3) is 1.87. The molecule has 2 aromatic rings. The number of aliphatic hydroxyl groups excluding tert-OH is 1. The van der Waals surface area contributed by atoms with Gasteiger partial charge in [0, 0.05) is 6.20 Å². The standard InChI is InChI=1S/C12H10FNO2/c13-10-3-1-8(2-4-10)11-9(7-15)5-6-14-12(11)16/h1-6,15H,7H2,(H,14,16). The summed E-state index contributed by atoms with van der Waals surface area (Å²) in [7, 11) is 0. The molecule has 2 N–H and O–H groups in total. The van der Waals surface area contributed by atoms with Gasteiger partial charge in [-0.15, -0.1) is 0 Å². The molecule has 4 heteroatoms. The van der Waals surface area contributed by atoms with Gasteiger partial charge in [0.1, 0.15) is 5.82 Å². The van der Waals surface area contributed by atoms with Gasteiger partial charge in [0.2, 0.25) is 0 Å². The van der Waals surface area contributed by atoms with Crippen molar-refractivity contribution in [1.29, 1.82) is 0 Å². The van der Waals surface area contributed by atoms with Gasteiger partial charge in [0.25, 0.3) is 5.56 Å². The second kappa shape index (κ2) is 4.28. The number of pyridine rings is 1. The van der Waals surface area contributed by atoms with Crippen molar-refractivity contribution in [1.82, 2.24) is 4.98 Å². The first-order chi connectivity index (χ1) is 7.72. The Morgan fingerprint density at radius 2 is 1.88 bits per heavy atom. The molecule has 1 heterocycles. The van der Waals surface area contributed by atoms with E-state index in [0.717, 1.165) is 0 Å². The summed E-state index contributed by atoms with van der Waals surface area (Å²) in [5.74, 6) is -0.360. The molecule has 82 valence electrons. The molecule has 0 saturated carbocycles. The summed E-state index contributed by atoms with van der Waals surface area (Å²) in [5, 5.41) is 9.13. The Bertz CT molecular complexity index is 546. The van der Waals surface area contributed by atoms with Gasteiger partial charge in [-0.2, -0.15) is 0 Å². The third-order valence-electron chi connectivity index (χ3n) is 2.35. The van der Waals surface area contributed by atoms with Gasteiger partial charge in [-0.3, -0.25) is 4.79 Å². The fourth-order valence-corrected chi connectivity index (χ4v) is 1.58. The van der Waals surface area contributed by atoms with Crippen LogP contribution in [0, 0.1) is 5.82 Å². The molecule has 3 nitrogen and oxygen atoms in total. The maximum Gasteiger partial charge on any atom is 0.256 e. The van der Waals surface area contributed by atoms with E-state index in [9.17, 15) is 9.18 Å². The Balaban J connectivity index is 2.63. The number of aromatic nitrogens is 1. The van der Waals surface area contributed by atoms with Crippen molar-refractivity contribution in [2.24, 2.45) is 0 Å². The first-order valence-electron chi connectivity index (χ1n) is 4.79. The van der Waals surface area contributed by atoms with Gasteiger partial charge < -0.3 is 10.1 Å². The van der Waals surface area contributed by atoms with Crippen molar-refractivity contribution in [2.45, 2.75) is 6.61 Å². The molecule has 0 bridgehead atoms. The lowest BCUT2D eigenvalue weighted by Crippen LogP contribution is -2.11. The lowest BCUT2D eigenvalue weighted by Gasteiger charge is -2.05. The van der Waals surface area contributed by atoms with Gasteiger partial charge in [0.05, 0.1) is 12.2 Å². The zero-order valence-corrected chi connectivity index (χ0v) is 8.40. The van der Waals surface area contributed by atoms with Crippen LogP contribution in [0.3, 0.4) is 0 Å². The Hall–Kier alpha value is -1.94. The molecule has 16 heavy (non-hydrogen) atoms. The zero-order valence-electron chi connectivity index (χ0n) is 8.40. The lowest BCUT2D eigenvalue weighted by atomic mass is 10.0. The average molecular weight is 219 g/mol. The van der Waals surface area contributed by atoms with E-state index < -0.39 is 0 Å². The van der Waals surface area contributed by atoms with Crippen molar-refractivity contribution >= 4 is 0 Å². The van der Waals surface area contributed by atoms with Crippen molar-refractivity contribution in [3.05, 3.63) is 58.3 Å². The molecule has 1 aromatic carbocycles. The summed E-state index contributed by atoms with van der Waals surface area (Å²) in [6.07, 6.45) is 1.47. The number of aromatic amines is 1. The number of hydrogen-bond acceptors (Lipinski definition) is 2. The molecule has 0 amide bonds. The summed E-state index contributed by atoms with van der Waals surface area (Å²) in [6, 6.07) is 7.21. The molecule has 0 spiro atoms. The molecular weight excluding hydrogens is 209 g/mol. The SMILES string of the molecule is O=c1[nH]ccc(CO)c1-c1ccc(F)cc1. The van der Waals surface area contributed by atoms with Crippen LogP contribution in [0.25, 0.3) is 11.1 Å². The highest BCUT2D eigenvalue weighted by molar-refractivity contribution is 5.65. The molecule has 0 aliphatic rings. The first-order valence-corrected chi connectivity index (χ1v) is 4.79. The van der Waals surface area contributed by atoms with Crippen LogP contribution in [0.2, 0.25) is 0 Å². The fourth-order valence-electron chi connectivity index (χ4n) is 1.58. The highest BCUT2D eigenvalue weighted by Gasteiger charge is 2.08. The summed E-state index contributed by atoms with van der Waals surface area (Å²) in [6.45, 7) is -0.226. The van der Waals surface area contributed by atoms with E-state index in [4.69, 9.17) is 5.11 Å². The summed E-state index contributed by atoms with van der Waals surface area (Å²) in [4.78, 5) is 14.2. The van der Waals surface area contributed by atoms with Gasteiger partial charge >= 0.3 is 0 Å². The second-order valence-corrected chi connectivity index (χ2v) is 3.37. The Morgan fingerprint density at radius 3 is 2.50 bits per heavy atom. The molecule has 1 aromatic heterocycles. The fraction of sp³-hybridized carbons (Fsp3) is 0.0833. The van der Waals surface area contributed by atoms with Gasteiger partial charge in [-0.25, -0.2) is 4.39 Å². The number of rotatable bonds is 2. The quantitative estimate of drug-likeness (QED) is 0.807. The predicted molar refractivity (Wildman–Crippen MR) is 58.4 cm³/mol. The highest BCUT2D eigenvalue weighted by atomic mass is 19.1. The number of nitrogens with one attached hydrogen (secondary N) is 1. The zero-order chi connectivity index (χ0) is 11.5. The molecule has 0 unspecified atom stereocenters. The number of aliphatic hydroxyl groups is 1. The normalized spacial score (nSPS) is 10.4. The maximum absolute atomic E-state index is 12.8. The highest BCUT2D eigenvalue weighted by Crippen LogP contribution is 2.19. The van der Waals surface area contributed by atoms with E-state index >= 15 is 0 Å². The van der Waals surface area contributed by atoms with Crippen molar-refractivity contribution < 1.29 is 9.50 Å². The molecule has 2 rings (SSSR count). The van der Waals surface area contributed by atoms with Gasteiger partial charge in [0.15, 0.2) is 0 Å². The van der Waals surface area contributed by atoms with Crippen LogP contribution >= 0.6 is 0 Å². The Morgan fingerprint density at radius 1 is 1.19 bits per heavy atom. The monoisotopic (exact) mass is 219 g/mol. The summed E-state index contributed by atoms with van der Waals surface area (Å²) >= 11 is 0. The molecule has 0 aliphatic carbocycles. The van der Waals surface area contributed by atoms with Crippen LogP contribution in [0.15, 0.2) is 41.3 Å². The number of H-pyrrole nitrogens is 1. The minimum absolute atomic E-state index is 0.226. The topological polar surface area (TPSA) is 53.1 Å². The van der Waals surface area contributed by atoms with Crippen molar-refractivity contribution in [3.63, 3.8) is 0 Å². The van der Waals surface area contributed by atoms with Crippen LogP contribution in [-0.4, -0.2) is 10.1 Å². The number of hydrogen-bond donors (Lipinski definition) is 2. The minimum Gasteiger partial charge on any atom is -0.392 e. The molecule has 0 atom stereocenters. The first kappa shape index (κ1) is 10.6. The largest absolute Gasteiger partial charge is 0.392 e. The van der Waals surface area contributed by atoms with E-state index in [1.807, 2.05) is 0 Å². The van der Waals surface area contributed by atoms with E-state index in [-0.39, 0.29) is 18.0 Å². The summed E-state index contributed by atoms with van der Waals surface area (Å²) < 4.78 is 12.8. The number of benzene rings is 1. The summed E-state index contributed by atoms with van der Waals surface area (Å²) in [5.41, 5.74) is 1.20. The molecule has 0 aliphatic heterocycles. The minimum atomic E-state index is -0.360. The molecule has 0 fully saturated rings. The number of halogens is 1. The van der Waals surface area contributed by atoms with Crippen molar-refractivity contribution in [2.75, 3.05) is 0 Å². The van der Waals surface area contributed by atoms with Crippen LogP contribution in [0.5, 0.6) is 0 Å². The van der Waals surface area contributed by atoms with E-state index in [0.29, 0.717) is 16.7 Å². The van der Waals surface area contributed by atoms with E-state index in [1.165, 1.54) is 30.5 Å². The predicted octanol–water partition coefficient (Wildman–Crippen LogP) is 1.67. The van der Waals surface area contributed by atoms with Gasteiger partial charge in [-0.05, 0) is 29.3 Å². The van der Waals surface area contributed by atoms with Crippen LogP contribution < -0.4 is 5.56 Å². The second-order valence-electron chi connectivity index (χ2n) is 3.37. The van der Waals surface area contributed by atoms with E-state index in [2.05, 4.69) is 4.98 Å². The van der Waals surface area contributed by atoms with Gasteiger partial charge in [-0.1, -0.05) is 12.1 Å². The van der Waals surface area contributed by atoms with Crippen LogP contribution in [-0.2, 0) is 6.61 Å². The Kier molecular flexibility index (Phi) is 2.83.